The molecule has 0 radical (unpaired) electrons. The molecular weight excluding hydrogens is 496 g/mol. The number of tetrazole rings is 1. The number of aryl methyl sites for hydroxylation is 1. The number of para-hydroxylation sites is 2. The van der Waals surface area contributed by atoms with Crippen molar-refractivity contribution in [3.8, 4) is 5.69 Å². The SMILES string of the molecule is CCc1ccc2c(c1)N(CC(N)=O)C(=O)C(N(C(N)=O)c1ccccc1-n1ncnn1)CC2c1ccccc1. The molecule has 1 aromatic heterocycles. The fraction of sp³-hybridized carbons (Fsp3) is 0.214. The highest BCUT2D eigenvalue weighted by molar-refractivity contribution is 6.09. The molecule has 2 atom stereocenters. The Labute approximate surface area is 225 Å². The molecule has 0 bridgehead atoms. The number of primary amides is 2. The molecule has 198 valence electrons. The molecule has 0 saturated carbocycles. The van der Waals surface area contributed by atoms with E-state index >= 15 is 0 Å². The Hall–Kier alpha value is -5.06. The van der Waals surface area contributed by atoms with Crippen LogP contribution in [0.4, 0.5) is 16.2 Å². The lowest BCUT2D eigenvalue weighted by Crippen LogP contribution is -2.54. The van der Waals surface area contributed by atoms with E-state index in [2.05, 4.69) is 15.4 Å². The maximum atomic E-state index is 14.4. The lowest BCUT2D eigenvalue weighted by atomic mass is 9.85. The normalized spacial score (nSPS) is 16.8. The highest BCUT2D eigenvalue weighted by Gasteiger charge is 2.42. The Balaban J connectivity index is 1.73. The summed E-state index contributed by atoms with van der Waals surface area (Å²) in [4.78, 5) is 43.6. The van der Waals surface area contributed by atoms with E-state index in [4.69, 9.17) is 11.5 Å². The first kappa shape index (κ1) is 25.6. The Morgan fingerprint density at radius 3 is 2.41 bits per heavy atom. The van der Waals surface area contributed by atoms with Crippen molar-refractivity contribution in [2.75, 3.05) is 16.3 Å². The maximum Gasteiger partial charge on any atom is 0.320 e. The van der Waals surface area contributed by atoms with Crippen LogP contribution in [0.1, 0.15) is 36.0 Å². The van der Waals surface area contributed by atoms with Gasteiger partial charge in [-0.2, -0.15) is 0 Å². The van der Waals surface area contributed by atoms with Gasteiger partial charge in [-0.1, -0.05) is 61.5 Å². The van der Waals surface area contributed by atoms with E-state index in [9.17, 15) is 14.4 Å². The van der Waals surface area contributed by atoms with Crippen LogP contribution in [0.3, 0.4) is 0 Å². The second kappa shape index (κ2) is 10.7. The number of benzene rings is 3. The lowest BCUT2D eigenvalue weighted by molar-refractivity contribution is -0.123. The van der Waals surface area contributed by atoms with E-state index in [0.717, 1.165) is 23.1 Å². The van der Waals surface area contributed by atoms with E-state index in [1.165, 1.54) is 20.9 Å². The van der Waals surface area contributed by atoms with Gasteiger partial charge >= 0.3 is 6.03 Å². The molecule has 0 fully saturated rings. The minimum Gasteiger partial charge on any atom is -0.368 e. The number of aromatic nitrogens is 4. The minimum absolute atomic E-state index is 0.207. The zero-order valence-corrected chi connectivity index (χ0v) is 21.3. The van der Waals surface area contributed by atoms with E-state index in [1.807, 2.05) is 55.5 Å². The van der Waals surface area contributed by atoms with E-state index in [0.29, 0.717) is 17.1 Å². The van der Waals surface area contributed by atoms with Crippen LogP contribution in [0, 0.1) is 0 Å². The zero-order chi connectivity index (χ0) is 27.5. The number of anilines is 2. The van der Waals surface area contributed by atoms with Gasteiger partial charge in [0.2, 0.25) is 5.91 Å². The van der Waals surface area contributed by atoms with Crippen LogP contribution < -0.4 is 21.3 Å². The average molecular weight is 525 g/mol. The number of hydrogen-bond acceptors (Lipinski definition) is 6. The first-order valence-electron chi connectivity index (χ1n) is 12.6. The molecule has 4 aromatic rings. The van der Waals surface area contributed by atoms with Crippen LogP contribution in [-0.2, 0) is 16.0 Å². The Bertz CT molecular complexity index is 1510. The molecule has 2 unspecified atom stereocenters. The Morgan fingerprint density at radius 2 is 1.74 bits per heavy atom. The van der Waals surface area contributed by atoms with Gasteiger partial charge in [-0.05, 0) is 52.9 Å². The number of rotatable bonds is 7. The van der Waals surface area contributed by atoms with Gasteiger partial charge in [0.1, 0.15) is 18.3 Å². The topological polar surface area (TPSA) is 153 Å². The van der Waals surface area contributed by atoms with Gasteiger partial charge in [0.05, 0.1) is 5.69 Å². The molecule has 4 amide bonds. The summed E-state index contributed by atoms with van der Waals surface area (Å²) in [6.07, 6.45) is 2.21. The quantitative estimate of drug-likeness (QED) is 0.379. The highest BCUT2D eigenvalue weighted by atomic mass is 16.2. The lowest BCUT2D eigenvalue weighted by Gasteiger charge is -2.33. The zero-order valence-electron chi connectivity index (χ0n) is 21.3. The van der Waals surface area contributed by atoms with Gasteiger partial charge in [-0.3, -0.25) is 14.5 Å². The van der Waals surface area contributed by atoms with Crippen molar-refractivity contribution >= 4 is 29.2 Å². The Kier molecular flexibility index (Phi) is 7.04. The van der Waals surface area contributed by atoms with Gasteiger partial charge in [0.25, 0.3) is 5.91 Å². The summed E-state index contributed by atoms with van der Waals surface area (Å²) in [5, 5.41) is 11.8. The molecule has 11 heteroatoms. The van der Waals surface area contributed by atoms with Gasteiger partial charge in [0, 0.05) is 11.6 Å². The average Bonchev–Trinajstić information content (AvgIpc) is 3.45. The van der Waals surface area contributed by atoms with Crippen molar-refractivity contribution in [3.63, 3.8) is 0 Å². The molecule has 11 nitrogen and oxygen atoms in total. The summed E-state index contributed by atoms with van der Waals surface area (Å²) in [7, 11) is 0. The van der Waals surface area contributed by atoms with Gasteiger partial charge in [-0.25, -0.2) is 4.79 Å². The predicted octanol–water partition coefficient (Wildman–Crippen LogP) is 2.53. The summed E-state index contributed by atoms with van der Waals surface area (Å²) in [6, 6.07) is 20.6. The molecule has 1 aliphatic heterocycles. The predicted molar refractivity (Wildman–Crippen MR) is 145 cm³/mol. The third-order valence-electron chi connectivity index (χ3n) is 6.95. The second-order valence-corrected chi connectivity index (χ2v) is 9.27. The smallest absolute Gasteiger partial charge is 0.320 e. The summed E-state index contributed by atoms with van der Waals surface area (Å²) < 4.78 is 0. The molecule has 3 aromatic carbocycles. The van der Waals surface area contributed by atoms with Gasteiger partial charge in [-0.15, -0.1) is 15.0 Å². The van der Waals surface area contributed by atoms with E-state index in [1.54, 1.807) is 24.3 Å². The van der Waals surface area contributed by atoms with Crippen LogP contribution in [0.25, 0.3) is 5.69 Å². The standard InChI is InChI=1S/C28H28N8O3/c1-2-18-12-13-20-21(19-8-4-3-5-9-19)15-25(27(38)34(16-26(29)37)24(20)14-18)35(28(30)39)22-10-6-7-11-23(22)36-32-17-31-33-36/h3-14,17,21,25H,2,15-16H2,1H3,(H2,29,37)(H2,30,39). The maximum absolute atomic E-state index is 14.4. The fourth-order valence-corrected chi connectivity index (χ4v) is 5.18. The molecule has 0 saturated heterocycles. The monoisotopic (exact) mass is 524 g/mol. The molecule has 1 aliphatic rings. The van der Waals surface area contributed by atoms with E-state index in [-0.39, 0.29) is 18.9 Å². The molecule has 0 spiro atoms. The number of nitrogens with zero attached hydrogens (tertiary/aromatic N) is 6. The summed E-state index contributed by atoms with van der Waals surface area (Å²) in [5.41, 5.74) is 15.7. The molecule has 39 heavy (non-hydrogen) atoms. The fourth-order valence-electron chi connectivity index (χ4n) is 5.18. The summed E-state index contributed by atoms with van der Waals surface area (Å²) >= 11 is 0. The van der Waals surface area contributed by atoms with Crippen LogP contribution in [0.5, 0.6) is 0 Å². The molecule has 2 heterocycles. The third kappa shape index (κ3) is 4.93. The van der Waals surface area contributed by atoms with Gasteiger partial charge in [0.15, 0.2) is 6.33 Å². The Morgan fingerprint density at radius 1 is 1.00 bits per heavy atom. The van der Waals surface area contributed by atoms with Crippen molar-refractivity contribution in [3.05, 3.63) is 95.8 Å². The molecule has 5 rings (SSSR count). The molecule has 0 aliphatic carbocycles. The first-order chi connectivity index (χ1) is 18.9. The number of fused-ring (bicyclic) bond motifs is 1. The first-order valence-corrected chi connectivity index (χ1v) is 12.6. The van der Waals surface area contributed by atoms with Crippen LogP contribution in [0.2, 0.25) is 0 Å². The number of urea groups is 1. The van der Waals surface area contributed by atoms with Crippen LogP contribution in [0.15, 0.2) is 79.1 Å². The highest BCUT2D eigenvalue weighted by Crippen LogP contribution is 2.42. The van der Waals surface area contributed by atoms with Gasteiger partial charge < -0.3 is 16.4 Å². The van der Waals surface area contributed by atoms with Crippen LogP contribution >= 0.6 is 0 Å². The number of nitrogens with two attached hydrogens (primary N) is 2. The van der Waals surface area contributed by atoms with Crippen molar-refractivity contribution in [2.24, 2.45) is 11.5 Å². The molecule has 4 N–H and O–H groups in total. The van der Waals surface area contributed by atoms with Crippen molar-refractivity contribution in [1.82, 2.24) is 20.2 Å². The van der Waals surface area contributed by atoms with Crippen molar-refractivity contribution in [1.29, 1.82) is 0 Å². The summed E-state index contributed by atoms with van der Waals surface area (Å²) in [5.74, 6) is -1.44. The van der Waals surface area contributed by atoms with Crippen molar-refractivity contribution in [2.45, 2.75) is 31.7 Å². The molecular formula is C28H28N8O3. The van der Waals surface area contributed by atoms with Crippen LogP contribution in [-0.4, -0.2) is 50.6 Å². The summed E-state index contributed by atoms with van der Waals surface area (Å²) in [6.45, 7) is 1.66. The number of amides is 4. The second-order valence-electron chi connectivity index (χ2n) is 9.27. The number of hydrogen-bond donors (Lipinski definition) is 2. The minimum atomic E-state index is -1.07. The van der Waals surface area contributed by atoms with E-state index < -0.39 is 23.9 Å². The third-order valence-corrected chi connectivity index (χ3v) is 6.95. The largest absolute Gasteiger partial charge is 0.368 e. The number of carbonyl (C=O) groups is 3. The number of carbonyl (C=O) groups excluding carboxylic acids is 3. The van der Waals surface area contributed by atoms with Crippen molar-refractivity contribution < 1.29 is 14.4 Å².